The Labute approximate surface area is 82.3 Å². The fraction of sp³-hybridized carbons (Fsp3) is 0.833. The van der Waals surface area contributed by atoms with Crippen LogP contribution in [0.15, 0.2) is 0 Å². The SMILES string of the molecule is NS(=O)(=O)CCCNC(=O)OCCO. The van der Waals surface area contributed by atoms with E-state index in [1.165, 1.54) is 0 Å². The number of carbonyl (C=O) groups excluding carboxylic acids is 1. The number of hydrogen-bond acceptors (Lipinski definition) is 5. The number of hydrogen-bond donors (Lipinski definition) is 3. The molecule has 8 heteroatoms. The van der Waals surface area contributed by atoms with Crippen LogP contribution in [0.3, 0.4) is 0 Å². The Balaban J connectivity index is 3.41. The quantitative estimate of drug-likeness (QED) is 0.470. The number of sulfonamides is 1. The molecule has 0 rings (SSSR count). The smallest absolute Gasteiger partial charge is 0.407 e. The number of aliphatic hydroxyl groups excluding tert-OH is 1. The second-order valence-electron chi connectivity index (χ2n) is 2.51. The summed E-state index contributed by atoms with van der Waals surface area (Å²) < 4.78 is 25.3. The zero-order valence-electron chi connectivity index (χ0n) is 7.60. The van der Waals surface area contributed by atoms with Crippen molar-refractivity contribution in [2.75, 3.05) is 25.5 Å². The van der Waals surface area contributed by atoms with Gasteiger partial charge in [0.05, 0.1) is 12.4 Å². The first-order valence-electron chi connectivity index (χ1n) is 3.97. The lowest BCUT2D eigenvalue weighted by molar-refractivity contribution is 0.119. The number of nitrogens with one attached hydrogen (secondary N) is 1. The third-order valence-electron chi connectivity index (χ3n) is 1.20. The van der Waals surface area contributed by atoms with E-state index in [1.54, 1.807) is 0 Å². The van der Waals surface area contributed by atoms with Crippen LogP contribution in [0.5, 0.6) is 0 Å². The number of alkyl carbamates (subject to hydrolysis) is 1. The summed E-state index contributed by atoms with van der Waals surface area (Å²) in [5.41, 5.74) is 0. The molecule has 0 radical (unpaired) electrons. The van der Waals surface area contributed by atoms with Gasteiger partial charge in [-0.2, -0.15) is 0 Å². The van der Waals surface area contributed by atoms with Crippen LogP contribution in [0.2, 0.25) is 0 Å². The Morgan fingerprint density at radius 2 is 2.14 bits per heavy atom. The summed E-state index contributed by atoms with van der Waals surface area (Å²) >= 11 is 0. The maximum atomic E-state index is 10.7. The normalized spacial score (nSPS) is 11.0. The molecule has 0 aliphatic carbocycles. The van der Waals surface area contributed by atoms with Gasteiger partial charge in [0.25, 0.3) is 0 Å². The third-order valence-corrected chi connectivity index (χ3v) is 2.06. The average Bonchev–Trinajstić information content (AvgIpc) is 2.07. The van der Waals surface area contributed by atoms with Gasteiger partial charge in [0.1, 0.15) is 6.61 Å². The minimum absolute atomic E-state index is 0.0823. The first-order valence-corrected chi connectivity index (χ1v) is 5.69. The van der Waals surface area contributed by atoms with Crippen LogP contribution in [0.25, 0.3) is 0 Å². The minimum atomic E-state index is -3.47. The summed E-state index contributed by atoms with van der Waals surface area (Å²) in [6.45, 7) is -0.160. The molecule has 0 bridgehead atoms. The molecule has 0 spiro atoms. The van der Waals surface area contributed by atoms with Gasteiger partial charge >= 0.3 is 6.09 Å². The molecule has 0 saturated heterocycles. The van der Waals surface area contributed by atoms with E-state index in [9.17, 15) is 13.2 Å². The number of nitrogens with two attached hydrogens (primary N) is 1. The van der Waals surface area contributed by atoms with Crippen molar-refractivity contribution in [3.8, 4) is 0 Å². The van der Waals surface area contributed by atoms with E-state index in [-0.39, 0.29) is 31.9 Å². The van der Waals surface area contributed by atoms with Crippen LogP contribution < -0.4 is 10.5 Å². The fourth-order valence-corrected chi connectivity index (χ4v) is 1.20. The molecule has 0 aliphatic rings. The Morgan fingerprint density at radius 3 is 2.64 bits per heavy atom. The van der Waals surface area contributed by atoms with Gasteiger partial charge in [-0.1, -0.05) is 0 Å². The van der Waals surface area contributed by atoms with Gasteiger partial charge in [-0.3, -0.25) is 0 Å². The first-order chi connectivity index (χ1) is 6.45. The third kappa shape index (κ3) is 9.23. The number of primary sulfonamides is 1. The van der Waals surface area contributed by atoms with Crippen molar-refractivity contribution in [2.45, 2.75) is 6.42 Å². The van der Waals surface area contributed by atoms with Crippen LogP contribution >= 0.6 is 0 Å². The van der Waals surface area contributed by atoms with E-state index in [4.69, 9.17) is 10.2 Å². The van der Waals surface area contributed by atoms with Crippen LogP contribution in [0.4, 0.5) is 4.79 Å². The van der Waals surface area contributed by atoms with E-state index in [0.29, 0.717) is 0 Å². The van der Waals surface area contributed by atoms with Crippen molar-refractivity contribution in [3.63, 3.8) is 0 Å². The molecule has 0 aromatic carbocycles. The minimum Gasteiger partial charge on any atom is -0.447 e. The topological polar surface area (TPSA) is 119 Å². The van der Waals surface area contributed by atoms with Gasteiger partial charge in [-0.25, -0.2) is 18.4 Å². The standard InChI is InChI=1S/C6H14N2O5S/c7-14(11,12)5-1-2-8-6(10)13-4-3-9/h9H,1-5H2,(H,8,10)(H2,7,11,12). The number of ether oxygens (including phenoxy) is 1. The zero-order chi connectivity index (χ0) is 11.0. The van der Waals surface area contributed by atoms with E-state index >= 15 is 0 Å². The fourth-order valence-electron chi connectivity index (χ4n) is 0.653. The summed E-state index contributed by atoms with van der Waals surface area (Å²) in [6, 6.07) is 0. The second kappa shape index (κ2) is 6.57. The summed E-state index contributed by atoms with van der Waals surface area (Å²) in [5.74, 6) is -0.187. The van der Waals surface area contributed by atoms with Crippen molar-refractivity contribution in [1.29, 1.82) is 0 Å². The van der Waals surface area contributed by atoms with Crippen LogP contribution in [0.1, 0.15) is 6.42 Å². The van der Waals surface area contributed by atoms with E-state index in [1.807, 2.05) is 0 Å². The molecule has 7 nitrogen and oxygen atoms in total. The Morgan fingerprint density at radius 1 is 1.50 bits per heavy atom. The molecule has 4 N–H and O–H groups in total. The van der Waals surface area contributed by atoms with Gasteiger partial charge in [0.15, 0.2) is 0 Å². The lowest BCUT2D eigenvalue weighted by Crippen LogP contribution is -2.28. The monoisotopic (exact) mass is 226 g/mol. The Bertz CT molecular complexity index is 263. The number of aliphatic hydroxyl groups is 1. The van der Waals surface area contributed by atoms with Gasteiger partial charge in [0.2, 0.25) is 10.0 Å². The summed E-state index contributed by atoms with van der Waals surface area (Å²) in [6.07, 6.45) is -0.457. The van der Waals surface area contributed by atoms with Crippen LogP contribution in [-0.4, -0.2) is 45.1 Å². The van der Waals surface area contributed by atoms with E-state index < -0.39 is 16.1 Å². The van der Waals surface area contributed by atoms with E-state index in [0.717, 1.165) is 0 Å². The summed E-state index contributed by atoms with van der Waals surface area (Å²) in [4.78, 5) is 10.7. The Kier molecular flexibility index (Phi) is 6.17. The van der Waals surface area contributed by atoms with Crippen molar-refractivity contribution in [2.24, 2.45) is 5.14 Å². The summed E-state index contributed by atoms with van der Waals surface area (Å²) in [7, 11) is -3.47. The molecule has 0 aromatic heterocycles. The van der Waals surface area contributed by atoms with Gasteiger partial charge in [0, 0.05) is 6.54 Å². The first kappa shape index (κ1) is 13.1. The molecule has 14 heavy (non-hydrogen) atoms. The molecular weight excluding hydrogens is 212 g/mol. The highest BCUT2D eigenvalue weighted by Crippen LogP contribution is 1.84. The lowest BCUT2D eigenvalue weighted by atomic mass is 10.5. The highest BCUT2D eigenvalue weighted by Gasteiger charge is 2.03. The van der Waals surface area contributed by atoms with Crippen molar-refractivity contribution >= 4 is 16.1 Å². The number of amides is 1. The average molecular weight is 226 g/mol. The molecule has 84 valence electrons. The van der Waals surface area contributed by atoms with Crippen molar-refractivity contribution in [1.82, 2.24) is 5.32 Å². The number of rotatable bonds is 6. The van der Waals surface area contributed by atoms with Gasteiger partial charge in [-0.15, -0.1) is 0 Å². The van der Waals surface area contributed by atoms with E-state index in [2.05, 4.69) is 10.1 Å². The maximum Gasteiger partial charge on any atom is 0.407 e. The molecule has 0 atom stereocenters. The largest absolute Gasteiger partial charge is 0.447 e. The van der Waals surface area contributed by atoms with Crippen molar-refractivity contribution < 1.29 is 23.1 Å². The van der Waals surface area contributed by atoms with Crippen molar-refractivity contribution in [3.05, 3.63) is 0 Å². The molecule has 0 fully saturated rings. The second-order valence-corrected chi connectivity index (χ2v) is 4.24. The maximum absolute atomic E-state index is 10.7. The van der Waals surface area contributed by atoms with Crippen LogP contribution in [-0.2, 0) is 14.8 Å². The molecule has 0 aromatic rings. The highest BCUT2D eigenvalue weighted by atomic mass is 32.2. The molecule has 0 unspecified atom stereocenters. The summed E-state index contributed by atoms with van der Waals surface area (Å²) in [5, 5.41) is 15.3. The van der Waals surface area contributed by atoms with Gasteiger partial charge in [-0.05, 0) is 6.42 Å². The predicted octanol–water partition coefficient (Wildman–Crippen LogP) is -1.62. The molecule has 1 amide bonds. The molecule has 0 heterocycles. The zero-order valence-corrected chi connectivity index (χ0v) is 8.42. The van der Waals surface area contributed by atoms with Gasteiger partial charge < -0.3 is 15.2 Å². The highest BCUT2D eigenvalue weighted by molar-refractivity contribution is 7.89. The lowest BCUT2D eigenvalue weighted by Gasteiger charge is -2.04. The van der Waals surface area contributed by atoms with Crippen LogP contribution in [0, 0.1) is 0 Å². The Hall–Kier alpha value is -0.860. The molecular formula is C6H14N2O5S. The number of carbonyl (C=O) groups is 1. The molecule has 0 saturated carbocycles. The predicted molar refractivity (Wildman–Crippen MR) is 49.0 cm³/mol. The molecule has 0 aliphatic heterocycles.